The second-order valence-corrected chi connectivity index (χ2v) is 8.95. The predicted octanol–water partition coefficient (Wildman–Crippen LogP) is 3.29. The molecule has 2 aromatic carbocycles. The molecule has 0 atom stereocenters. The Labute approximate surface area is 159 Å². The van der Waals surface area contributed by atoms with Crippen molar-refractivity contribution in [2.24, 2.45) is 5.92 Å². The van der Waals surface area contributed by atoms with Crippen molar-refractivity contribution in [2.45, 2.75) is 19.3 Å². The van der Waals surface area contributed by atoms with Crippen LogP contribution in [0.25, 0.3) is 0 Å². The number of carbonyl (C=O) groups excluding carboxylic acids is 1. The van der Waals surface area contributed by atoms with Gasteiger partial charge in [-0.3, -0.25) is 4.79 Å². The van der Waals surface area contributed by atoms with Crippen LogP contribution in [0.5, 0.6) is 0 Å². The van der Waals surface area contributed by atoms with Crippen LogP contribution in [0.1, 0.15) is 28.8 Å². The lowest BCUT2D eigenvalue weighted by Gasteiger charge is -2.30. The molecule has 1 fully saturated rings. The fourth-order valence-corrected chi connectivity index (χ4v) is 4.21. The minimum atomic E-state index is -3.10. The molecule has 0 aliphatic carbocycles. The second kappa shape index (κ2) is 8.19. The summed E-state index contributed by atoms with van der Waals surface area (Å²) in [6, 6.07) is 13.1. The Hall–Kier alpha value is -2.25. The van der Waals surface area contributed by atoms with Gasteiger partial charge < -0.3 is 5.32 Å². The lowest BCUT2D eigenvalue weighted by Crippen LogP contribution is -2.38. The number of rotatable bonds is 5. The average molecular weight is 390 g/mol. The Balaban J connectivity index is 1.55. The molecule has 0 radical (unpaired) electrons. The van der Waals surface area contributed by atoms with Crippen molar-refractivity contribution in [1.82, 2.24) is 4.31 Å². The van der Waals surface area contributed by atoms with E-state index >= 15 is 0 Å². The molecule has 1 aliphatic heterocycles. The zero-order chi connectivity index (χ0) is 19.4. The molecule has 3 rings (SSSR count). The van der Waals surface area contributed by atoms with Gasteiger partial charge in [0.2, 0.25) is 10.0 Å². The predicted molar refractivity (Wildman–Crippen MR) is 104 cm³/mol. The van der Waals surface area contributed by atoms with E-state index in [1.165, 1.54) is 22.7 Å². The van der Waals surface area contributed by atoms with Gasteiger partial charge in [-0.1, -0.05) is 18.2 Å². The van der Waals surface area contributed by atoms with E-state index in [9.17, 15) is 17.6 Å². The van der Waals surface area contributed by atoms with Gasteiger partial charge in [0.1, 0.15) is 5.82 Å². The lowest BCUT2D eigenvalue weighted by molar-refractivity contribution is 0.102. The zero-order valence-corrected chi connectivity index (χ0v) is 16.0. The van der Waals surface area contributed by atoms with Crippen molar-refractivity contribution in [3.8, 4) is 0 Å². The third kappa shape index (κ3) is 5.37. The van der Waals surface area contributed by atoms with Crippen LogP contribution in [0.3, 0.4) is 0 Å². The monoisotopic (exact) mass is 390 g/mol. The second-order valence-electron chi connectivity index (χ2n) is 6.97. The van der Waals surface area contributed by atoms with Crippen LogP contribution in [-0.2, 0) is 16.4 Å². The number of halogens is 1. The van der Waals surface area contributed by atoms with Crippen LogP contribution in [0.2, 0.25) is 0 Å². The minimum absolute atomic E-state index is 0.284. The number of benzene rings is 2. The number of anilines is 1. The molecule has 144 valence electrons. The maximum absolute atomic E-state index is 13.2. The van der Waals surface area contributed by atoms with E-state index in [1.807, 2.05) is 12.1 Å². The summed E-state index contributed by atoms with van der Waals surface area (Å²) in [5.74, 6) is -0.242. The maximum Gasteiger partial charge on any atom is 0.255 e. The standard InChI is InChI=1S/C20H23FN2O3S/c1-27(25,26)23-11-9-16(10-12-23)13-15-5-7-17(8-6-15)20(24)22-19-4-2-3-18(21)14-19/h2-8,14,16H,9-13H2,1H3,(H,22,24). The summed E-state index contributed by atoms with van der Waals surface area (Å²) in [4.78, 5) is 12.3. The Bertz CT molecular complexity index is 905. The largest absolute Gasteiger partial charge is 0.322 e. The summed E-state index contributed by atoms with van der Waals surface area (Å²) < 4.78 is 37.9. The summed E-state index contributed by atoms with van der Waals surface area (Å²) in [6.45, 7) is 1.13. The van der Waals surface area contributed by atoms with Crippen LogP contribution in [0.15, 0.2) is 48.5 Å². The number of piperidine rings is 1. The molecule has 0 unspecified atom stereocenters. The van der Waals surface area contributed by atoms with Gasteiger partial charge in [-0.15, -0.1) is 0 Å². The number of sulfonamides is 1. The molecule has 7 heteroatoms. The van der Waals surface area contributed by atoms with E-state index in [2.05, 4.69) is 5.32 Å². The summed E-state index contributed by atoms with van der Waals surface area (Å²) in [5, 5.41) is 2.68. The Morgan fingerprint density at radius 3 is 2.41 bits per heavy atom. The molecular weight excluding hydrogens is 367 g/mol. The third-order valence-corrected chi connectivity index (χ3v) is 6.17. The van der Waals surface area contributed by atoms with Crippen molar-refractivity contribution >= 4 is 21.6 Å². The molecule has 1 heterocycles. The first-order valence-corrected chi connectivity index (χ1v) is 10.8. The van der Waals surface area contributed by atoms with Crippen molar-refractivity contribution in [3.05, 3.63) is 65.5 Å². The van der Waals surface area contributed by atoms with Gasteiger partial charge in [-0.2, -0.15) is 0 Å². The highest BCUT2D eigenvalue weighted by atomic mass is 32.2. The molecule has 27 heavy (non-hydrogen) atoms. The fraction of sp³-hybridized carbons (Fsp3) is 0.350. The van der Waals surface area contributed by atoms with E-state index in [0.29, 0.717) is 30.3 Å². The number of nitrogens with one attached hydrogen (secondary N) is 1. The Morgan fingerprint density at radius 1 is 1.15 bits per heavy atom. The normalized spacial score (nSPS) is 16.2. The first kappa shape index (κ1) is 19.5. The molecule has 2 aromatic rings. The summed E-state index contributed by atoms with van der Waals surface area (Å²) in [6.07, 6.45) is 3.80. The molecule has 5 nitrogen and oxygen atoms in total. The fourth-order valence-electron chi connectivity index (χ4n) is 3.34. The molecule has 1 amide bonds. The average Bonchev–Trinajstić information content (AvgIpc) is 2.62. The first-order valence-electron chi connectivity index (χ1n) is 8.92. The van der Waals surface area contributed by atoms with Gasteiger partial charge in [0.15, 0.2) is 0 Å². The van der Waals surface area contributed by atoms with Crippen LogP contribution < -0.4 is 5.32 Å². The number of nitrogens with zero attached hydrogens (tertiary/aromatic N) is 1. The number of carbonyl (C=O) groups is 1. The third-order valence-electron chi connectivity index (χ3n) is 4.87. The van der Waals surface area contributed by atoms with Crippen LogP contribution in [0.4, 0.5) is 10.1 Å². The van der Waals surface area contributed by atoms with E-state index in [0.717, 1.165) is 24.8 Å². The molecule has 1 aliphatic rings. The zero-order valence-electron chi connectivity index (χ0n) is 15.2. The van der Waals surface area contributed by atoms with Crippen molar-refractivity contribution < 1.29 is 17.6 Å². The SMILES string of the molecule is CS(=O)(=O)N1CCC(Cc2ccc(C(=O)Nc3cccc(F)c3)cc2)CC1. The molecular formula is C20H23FN2O3S. The van der Waals surface area contributed by atoms with Crippen molar-refractivity contribution in [1.29, 1.82) is 0 Å². The van der Waals surface area contributed by atoms with Gasteiger partial charge in [0, 0.05) is 24.3 Å². The van der Waals surface area contributed by atoms with Crippen LogP contribution in [-0.4, -0.2) is 38.0 Å². The van der Waals surface area contributed by atoms with E-state index < -0.39 is 15.8 Å². The van der Waals surface area contributed by atoms with Crippen molar-refractivity contribution in [2.75, 3.05) is 24.7 Å². The highest BCUT2D eigenvalue weighted by molar-refractivity contribution is 7.88. The highest BCUT2D eigenvalue weighted by Gasteiger charge is 2.24. The Kier molecular flexibility index (Phi) is 5.92. The van der Waals surface area contributed by atoms with Gasteiger partial charge >= 0.3 is 0 Å². The molecule has 0 spiro atoms. The first-order chi connectivity index (χ1) is 12.8. The molecule has 1 saturated heterocycles. The summed E-state index contributed by atoms with van der Waals surface area (Å²) in [7, 11) is -3.10. The van der Waals surface area contributed by atoms with Gasteiger partial charge in [-0.25, -0.2) is 17.1 Å². The van der Waals surface area contributed by atoms with Gasteiger partial charge in [-0.05, 0) is 61.1 Å². The molecule has 0 saturated carbocycles. The van der Waals surface area contributed by atoms with Gasteiger partial charge in [0.25, 0.3) is 5.91 Å². The molecule has 1 N–H and O–H groups in total. The highest BCUT2D eigenvalue weighted by Crippen LogP contribution is 2.23. The quantitative estimate of drug-likeness (QED) is 0.852. The van der Waals surface area contributed by atoms with Crippen molar-refractivity contribution in [3.63, 3.8) is 0 Å². The molecule has 0 bridgehead atoms. The van der Waals surface area contributed by atoms with E-state index in [1.54, 1.807) is 24.3 Å². The number of amides is 1. The summed E-state index contributed by atoms with van der Waals surface area (Å²) >= 11 is 0. The van der Waals surface area contributed by atoms with Crippen LogP contribution >= 0.6 is 0 Å². The topological polar surface area (TPSA) is 66.5 Å². The molecule has 0 aromatic heterocycles. The number of hydrogen-bond acceptors (Lipinski definition) is 3. The smallest absolute Gasteiger partial charge is 0.255 e. The summed E-state index contributed by atoms with van der Waals surface area (Å²) in [5.41, 5.74) is 2.05. The van der Waals surface area contributed by atoms with Crippen LogP contribution in [0, 0.1) is 11.7 Å². The number of hydrogen-bond donors (Lipinski definition) is 1. The van der Waals surface area contributed by atoms with Gasteiger partial charge in [0.05, 0.1) is 6.26 Å². The Morgan fingerprint density at radius 2 is 1.81 bits per heavy atom. The van der Waals surface area contributed by atoms with E-state index in [4.69, 9.17) is 0 Å². The minimum Gasteiger partial charge on any atom is -0.322 e. The lowest BCUT2D eigenvalue weighted by atomic mass is 9.91. The maximum atomic E-state index is 13.2. The van der Waals surface area contributed by atoms with E-state index in [-0.39, 0.29) is 5.91 Å².